The smallest absolute Gasteiger partial charge is 0.185 e. The van der Waals surface area contributed by atoms with E-state index in [-0.39, 0.29) is 5.43 Å². The molecule has 0 radical (unpaired) electrons. The lowest BCUT2D eigenvalue weighted by atomic mass is 9.96. The molecule has 126 valence electrons. The van der Waals surface area contributed by atoms with Crippen LogP contribution in [0.4, 0.5) is 0 Å². The predicted octanol–water partition coefficient (Wildman–Crippen LogP) is 5.47. The standard InChI is InChI=1S/C23H23NO/c1-17-22(25)16-21(18-10-4-2-5-11-18)24(20-14-6-3-7-15-20)23(17)19-12-8-9-13-19/h2-7,10-11,14-16,19H,8-9,12-13H2,1H3. The van der Waals surface area contributed by atoms with E-state index in [1.54, 1.807) is 6.07 Å². The molecule has 0 aliphatic heterocycles. The van der Waals surface area contributed by atoms with Crippen LogP contribution in [0.1, 0.15) is 42.9 Å². The Morgan fingerprint density at radius 3 is 2.12 bits per heavy atom. The summed E-state index contributed by atoms with van der Waals surface area (Å²) in [5.41, 5.74) is 5.46. The van der Waals surface area contributed by atoms with E-state index in [0.717, 1.165) is 22.5 Å². The zero-order valence-corrected chi connectivity index (χ0v) is 14.6. The maximum Gasteiger partial charge on any atom is 0.185 e. The minimum Gasteiger partial charge on any atom is -0.313 e. The highest BCUT2D eigenvalue weighted by molar-refractivity contribution is 5.64. The maximum absolute atomic E-state index is 12.8. The van der Waals surface area contributed by atoms with Crippen LogP contribution in [0.15, 0.2) is 71.5 Å². The van der Waals surface area contributed by atoms with Crippen LogP contribution in [0.5, 0.6) is 0 Å². The second kappa shape index (κ2) is 6.72. The van der Waals surface area contributed by atoms with Crippen molar-refractivity contribution in [2.24, 2.45) is 0 Å². The lowest BCUT2D eigenvalue weighted by molar-refractivity contribution is 0.665. The van der Waals surface area contributed by atoms with E-state index in [2.05, 4.69) is 41.0 Å². The van der Waals surface area contributed by atoms with Crippen molar-refractivity contribution >= 4 is 0 Å². The molecule has 0 unspecified atom stereocenters. The Bertz CT molecular complexity index is 920. The molecule has 0 bridgehead atoms. The summed E-state index contributed by atoms with van der Waals surface area (Å²) in [6, 6.07) is 22.5. The molecule has 3 aromatic rings. The fraction of sp³-hybridized carbons (Fsp3) is 0.261. The second-order valence-corrected chi connectivity index (χ2v) is 6.92. The molecule has 1 fully saturated rings. The SMILES string of the molecule is Cc1c(C2CCCC2)n(-c2ccccc2)c(-c2ccccc2)cc1=O. The Kier molecular flexibility index (Phi) is 4.27. The van der Waals surface area contributed by atoms with Crippen LogP contribution in [0.25, 0.3) is 16.9 Å². The number of para-hydroxylation sites is 1. The van der Waals surface area contributed by atoms with Crippen LogP contribution >= 0.6 is 0 Å². The largest absolute Gasteiger partial charge is 0.313 e. The number of rotatable bonds is 3. The minimum absolute atomic E-state index is 0.146. The van der Waals surface area contributed by atoms with Gasteiger partial charge in [-0.2, -0.15) is 0 Å². The normalized spacial score (nSPS) is 14.8. The Labute approximate surface area is 148 Å². The quantitative estimate of drug-likeness (QED) is 0.624. The average molecular weight is 329 g/mol. The van der Waals surface area contributed by atoms with Crippen molar-refractivity contribution in [2.75, 3.05) is 0 Å². The molecule has 1 saturated carbocycles. The molecule has 0 N–H and O–H groups in total. The van der Waals surface area contributed by atoms with Crippen LogP contribution in [-0.4, -0.2) is 4.57 Å². The third kappa shape index (κ3) is 2.93. The van der Waals surface area contributed by atoms with Gasteiger partial charge in [0, 0.05) is 23.0 Å². The van der Waals surface area contributed by atoms with Gasteiger partial charge >= 0.3 is 0 Å². The summed E-state index contributed by atoms with van der Waals surface area (Å²) in [5, 5.41) is 0. The second-order valence-electron chi connectivity index (χ2n) is 6.92. The van der Waals surface area contributed by atoms with Gasteiger partial charge in [-0.05, 0) is 43.4 Å². The molecule has 1 aliphatic rings. The van der Waals surface area contributed by atoms with Gasteiger partial charge < -0.3 is 4.57 Å². The Morgan fingerprint density at radius 2 is 1.48 bits per heavy atom. The molecular formula is C23H23NO. The molecule has 2 nitrogen and oxygen atoms in total. The third-order valence-electron chi connectivity index (χ3n) is 5.33. The fourth-order valence-electron chi connectivity index (χ4n) is 4.09. The van der Waals surface area contributed by atoms with Gasteiger partial charge in [0.25, 0.3) is 0 Å². The Hall–Kier alpha value is -2.61. The van der Waals surface area contributed by atoms with Crippen LogP contribution in [0.2, 0.25) is 0 Å². The van der Waals surface area contributed by atoms with E-state index in [1.165, 1.54) is 31.4 Å². The van der Waals surface area contributed by atoms with Gasteiger partial charge in [0.05, 0.1) is 5.69 Å². The summed E-state index contributed by atoms with van der Waals surface area (Å²) in [5.74, 6) is 0.469. The molecule has 25 heavy (non-hydrogen) atoms. The van der Waals surface area contributed by atoms with E-state index in [1.807, 2.05) is 31.2 Å². The van der Waals surface area contributed by atoms with Gasteiger partial charge in [0.15, 0.2) is 5.43 Å². The predicted molar refractivity (Wildman–Crippen MR) is 103 cm³/mol. The highest BCUT2D eigenvalue weighted by Crippen LogP contribution is 2.38. The number of benzene rings is 2. The summed E-state index contributed by atoms with van der Waals surface area (Å²) in [6.45, 7) is 1.99. The summed E-state index contributed by atoms with van der Waals surface area (Å²) < 4.78 is 2.32. The molecule has 1 heterocycles. The first-order valence-electron chi connectivity index (χ1n) is 9.13. The maximum atomic E-state index is 12.8. The highest BCUT2D eigenvalue weighted by Gasteiger charge is 2.25. The Balaban J connectivity index is 2.06. The van der Waals surface area contributed by atoms with Gasteiger partial charge in [-0.25, -0.2) is 0 Å². The molecular weight excluding hydrogens is 306 g/mol. The molecule has 0 amide bonds. The van der Waals surface area contributed by atoms with E-state index in [0.29, 0.717) is 5.92 Å². The molecule has 2 heteroatoms. The summed E-state index contributed by atoms with van der Waals surface area (Å²) >= 11 is 0. The summed E-state index contributed by atoms with van der Waals surface area (Å²) in [6.07, 6.45) is 4.85. The van der Waals surface area contributed by atoms with Crippen molar-refractivity contribution in [1.29, 1.82) is 0 Å². The molecule has 0 atom stereocenters. The van der Waals surface area contributed by atoms with Crippen LogP contribution in [-0.2, 0) is 0 Å². The van der Waals surface area contributed by atoms with E-state index in [4.69, 9.17) is 0 Å². The molecule has 1 aliphatic carbocycles. The van der Waals surface area contributed by atoms with Crippen molar-refractivity contribution in [3.8, 4) is 16.9 Å². The van der Waals surface area contributed by atoms with Crippen molar-refractivity contribution < 1.29 is 0 Å². The van der Waals surface area contributed by atoms with E-state index < -0.39 is 0 Å². The van der Waals surface area contributed by atoms with Gasteiger partial charge in [0.2, 0.25) is 0 Å². The highest BCUT2D eigenvalue weighted by atomic mass is 16.1. The van der Waals surface area contributed by atoms with Crippen LogP contribution < -0.4 is 5.43 Å². The number of pyridine rings is 1. The number of aromatic nitrogens is 1. The lowest BCUT2D eigenvalue weighted by Crippen LogP contribution is -2.20. The van der Waals surface area contributed by atoms with Gasteiger partial charge in [-0.1, -0.05) is 61.4 Å². The fourth-order valence-corrected chi connectivity index (χ4v) is 4.09. The number of nitrogens with zero attached hydrogens (tertiary/aromatic N) is 1. The van der Waals surface area contributed by atoms with Crippen molar-refractivity contribution in [2.45, 2.75) is 38.5 Å². The van der Waals surface area contributed by atoms with Crippen molar-refractivity contribution in [1.82, 2.24) is 4.57 Å². The molecule has 4 rings (SSSR count). The van der Waals surface area contributed by atoms with E-state index in [9.17, 15) is 4.79 Å². The van der Waals surface area contributed by atoms with Crippen LogP contribution in [0, 0.1) is 6.92 Å². The van der Waals surface area contributed by atoms with Gasteiger partial charge in [-0.15, -0.1) is 0 Å². The van der Waals surface area contributed by atoms with Crippen molar-refractivity contribution in [3.63, 3.8) is 0 Å². The van der Waals surface area contributed by atoms with Crippen molar-refractivity contribution in [3.05, 3.63) is 88.2 Å². The third-order valence-corrected chi connectivity index (χ3v) is 5.33. The lowest BCUT2D eigenvalue weighted by Gasteiger charge is -2.24. The molecule has 2 aromatic carbocycles. The topological polar surface area (TPSA) is 22.0 Å². The summed E-state index contributed by atoms with van der Waals surface area (Å²) in [4.78, 5) is 12.8. The van der Waals surface area contributed by atoms with Gasteiger partial charge in [0.1, 0.15) is 0 Å². The zero-order valence-electron chi connectivity index (χ0n) is 14.6. The molecule has 0 saturated heterocycles. The first-order valence-corrected chi connectivity index (χ1v) is 9.13. The average Bonchev–Trinajstić information content (AvgIpc) is 3.19. The first kappa shape index (κ1) is 15.9. The van der Waals surface area contributed by atoms with Gasteiger partial charge in [-0.3, -0.25) is 4.79 Å². The molecule has 1 aromatic heterocycles. The van der Waals surface area contributed by atoms with E-state index >= 15 is 0 Å². The zero-order chi connectivity index (χ0) is 17.2. The molecule has 0 spiro atoms. The minimum atomic E-state index is 0.146. The first-order chi connectivity index (χ1) is 12.3. The monoisotopic (exact) mass is 329 g/mol. The number of hydrogen-bond acceptors (Lipinski definition) is 1. The number of hydrogen-bond donors (Lipinski definition) is 0. The van der Waals surface area contributed by atoms with Crippen LogP contribution in [0.3, 0.4) is 0 Å². The Morgan fingerprint density at radius 1 is 0.880 bits per heavy atom. The summed E-state index contributed by atoms with van der Waals surface area (Å²) in [7, 11) is 0.